The number of amidine groups is 1. The molecule has 1 aromatic heterocycles. The summed E-state index contributed by atoms with van der Waals surface area (Å²) in [6.45, 7) is 2.75. The topological polar surface area (TPSA) is 107 Å². The molecule has 0 bridgehead atoms. The Morgan fingerprint density at radius 2 is 2.00 bits per heavy atom. The van der Waals surface area contributed by atoms with Gasteiger partial charge in [-0.1, -0.05) is 6.07 Å². The Balaban J connectivity index is 1.43. The summed E-state index contributed by atoms with van der Waals surface area (Å²) in [6.07, 6.45) is 4.31. The third kappa shape index (κ3) is 5.27. The first-order valence-electron chi connectivity index (χ1n) is 8.67. The number of carboxylic acids is 1. The second kappa shape index (κ2) is 8.79. The highest BCUT2D eigenvalue weighted by Crippen LogP contribution is 2.10. The molecule has 8 heteroatoms. The van der Waals surface area contributed by atoms with Crippen molar-refractivity contribution in [3.63, 3.8) is 0 Å². The highest BCUT2D eigenvalue weighted by molar-refractivity contribution is 5.91. The van der Waals surface area contributed by atoms with Gasteiger partial charge in [0.25, 0.3) is 0 Å². The molecule has 3 N–H and O–H groups in total. The number of anilines is 1. The average molecular weight is 367 g/mol. The summed E-state index contributed by atoms with van der Waals surface area (Å²) in [6, 6.07) is 9.61. The maximum Gasteiger partial charge on any atom is 0.335 e. The van der Waals surface area contributed by atoms with Gasteiger partial charge in [-0.05, 0) is 35.9 Å². The van der Waals surface area contributed by atoms with Crippen LogP contribution in [-0.4, -0.2) is 59.0 Å². The number of urea groups is 1. The number of nitrogens with one attached hydrogen (secondary N) is 2. The number of rotatable bonds is 7. The smallest absolute Gasteiger partial charge is 0.335 e. The maximum absolute atomic E-state index is 12.0. The van der Waals surface area contributed by atoms with Crippen LogP contribution in [0.4, 0.5) is 10.5 Å². The molecular formula is C19H21N5O3. The van der Waals surface area contributed by atoms with E-state index < -0.39 is 5.97 Å². The number of hydrogen-bond donors (Lipinski definition) is 3. The van der Waals surface area contributed by atoms with Crippen LogP contribution in [0.1, 0.15) is 15.9 Å². The largest absolute Gasteiger partial charge is 0.478 e. The summed E-state index contributed by atoms with van der Waals surface area (Å²) < 4.78 is 0. The Labute approximate surface area is 156 Å². The number of aromatic nitrogens is 1. The third-order valence-electron chi connectivity index (χ3n) is 4.17. The molecule has 8 nitrogen and oxygen atoms in total. The Morgan fingerprint density at radius 3 is 2.70 bits per heavy atom. The molecule has 0 fully saturated rings. The normalized spacial score (nSPS) is 13.2. The molecule has 0 aliphatic carbocycles. The Hall–Kier alpha value is -3.42. The lowest BCUT2D eigenvalue weighted by Crippen LogP contribution is -2.39. The second-order valence-corrected chi connectivity index (χ2v) is 6.09. The van der Waals surface area contributed by atoms with Gasteiger partial charge in [-0.25, -0.2) is 9.59 Å². The van der Waals surface area contributed by atoms with Crippen LogP contribution < -0.4 is 10.6 Å². The van der Waals surface area contributed by atoms with Crippen LogP contribution in [0.25, 0.3) is 0 Å². The third-order valence-corrected chi connectivity index (χ3v) is 4.17. The van der Waals surface area contributed by atoms with E-state index in [2.05, 4.69) is 25.5 Å². The SMILES string of the molecule is O=C(NCCN1CCN=C1Cc1cccnc1)Nc1ccc(C(=O)O)cc1. The minimum absolute atomic E-state index is 0.176. The zero-order chi connectivity index (χ0) is 19.1. The molecule has 0 unspecified atom stereocenters. The predicted molar refractivity (Wildman–Crippen MR) is 102 cm³/mol. The summed E-state index contributed by atoms with van der Waals surface area (Å²) in [5.74, 6) is 0.00911. The van der Waals surface area contributed by atoms with Crippen molar-refractivity contribution in [2.24, 2.45) is 4.99 Å². The molecule has 1 aliphatic rings. The van der Waals surface area contributed by atoms with E-state index in [1.807, 2.05) is 18.3 Å². The van der Waals surface area contributed by atoms with Crippen molar-refractivity contribution >= 4 is 23.5 Å². The van der Waals surface area contributed by atoms with Crippen LogP contribution in [0.5, 0.6) is 0 Å². The van der Waals surface area contributed by atoms with Gasteiger partial charge in [0.2, 0.25) is 0 Å². The predicted octanol–water partition coefficient (Wildman–Crippen LogP) is 1.86. The standard InChI is InChI=1S/C19H21N5O3/c25-18(26)15-3-5-16(6-4-15)23-19(27)22-9-11-24-10-8-21-17(24)12-14-2-1-7-20-13-14/h1-7,13H,8-12H2,(H,25,26)(H2,22,23,27). The summed E-state index contributed by atoms with van der Waals surface area (Å²) in [4.78, 5) is 33.6. The molecule has 27 heavy (non-hydrogen) atoms. The van der Waals surface area contributed by atoms with E-state index in [1.165, 1.54) is 12.1 Å². The van der Waals surface area contributed by atoms with Gasteiger partial charge in [-0.2, -0.15) is 0 Å². The number of pyridine rings is 1. The van der Waals surface area contributed by atoms with Gasteiger partial charge in [0.15, 0.2) is 0 Å². The van der Waals surface area contributed by atoms with E-state index in [1.54, 1.807) is 18.3 Å². The van der Waals surface area contributed by atoms with E-state index in [9.17, 15) is 9.59 Å². The molecule has 0 spiro atoms. The maximum atomic E-state index is 12.0. The number of carbonyl (C=O) groups is 2. The molecule has 0 saturated heterocycles. The van der Waals surface area contributed by atoms with Gasteiger partial charge >= 0.3 is 12.0 Å². The fourth-order valence-corrected chi connectivity index (χ4v) is 2.80. The monoisotopic (exact) mass is 367 g/mol. The lowest BCUT2D eigenvalue weighted by atomic mass is 10.2. The van der Waals surface area contributed by atoms with Crippen LogP contribution in [0.2, 0.25) is 0 Å². The molecule has 3 rings (SSSR count). The molecule has 1 aliphatic heterocycles. The van der Waals surface area contributed by atoms with Crippen LogP contribution in [0.15, 0.2) is 53.8 Å². The fourth-order valence-electron chi connectivity index (χ4n) is 2.80. The minimum Gasteiger partial charge on any atom is -0.478 e. The van der Waals surface area contributed by atoms with Crippen molar-refractivity contribution in [2.75, 3.05) is 31.5 Å². The molecular weight excluding hydrogens is 346 g/mol. The fraction of sp³-hybridized carbons (Fsp3) is 0.263. The van der Waals surface area contributed by atoms with Crippen molar-refractivity contribution in [2.45, 2.75) is 6.42 Å². The zero-order valence-corrected chi connectivity index (χ0v) is 14.8. The quantitative estimate of drug-likeness (QED) is 0.692. The van der Waals surface area contributed by atoms with Crippen LogP contribution >= 0.6 is 0 Å². The molecule has 1 aromatic carbocycles. The first-order chi connectivity index (χ1) is 13.1. The second-order valence-electron chi connectivity index (χ2n) is 6.09. The summed E-state index contributed by atoms with van der Waals surface area (Å²) in [5, 5.41) is 14.4. The molecule has 2 amide bonds. The van der Waals surface area contributed by atoms with Gasteiger partial charge < -0.3 is 20.6 Å². The van der Waals surface area contributed by atoms with Crippen molar-refractivity contribution in [1.29, 1.82) is 0 Å². The van der Waals surface area contributed by atoms with Crippen LogP contribution in [0.3, 0.4) is 0 Å². The molecule has 0 saturated carbocycles. The average Bonchev–Trinajstić information content (AvgIpc) is 3.10. The molecule has 140 valence electrons. The summed E-state index contributed by atoms with van der Waals surface area (Å²) in [7, 11) is 0. The van der Waals surface area contributed by atoms with Gasteiger partial charge in [0, 0.05) is 44.1 Å². The van der Waals surface area contributed by atoms with Crippen molar-refractivity contribution in [3.05, 3.63) is 59.9 Å². The molecule has 2 heterocycles. The van der Waals surface area contributed by atoms with E-state index in [0.717, 1.165) is 30.9 Å². The number of carbonyl (C=O) groups excluding carboxylic acids is 1. The lowest BCUT2D eigenvalue weighted by molar-refractivity contribution is 0.0697. The lowest BCUT2D eigenvalue weighted by Gasteiger charge is -2.20. The number of hydrogen-bond acceptors (Lipinski definition) is 5. The highest BCUT2D eigenvalue weighted by atomic mass is 16.4. The van der Waals surface area contributed by atoms with E-state index >= 15 is 0 Å². The number of aliphatic imine (C=N–C) groups is 1. The van der Waals surface area contributed by atoms with Gasteiger partial charge in [0.05, 0.1) is 12.1 Å². The highest BCUT2D eigenvalue weighted by Gasteiger charge is 2.17. The Bertz CT molecular complexity index is 821. The number of amides is 2. The van der Waals surface area contributed by atoms with E-state index in [-0.39, 0.29) is 11.6 Å². The summed E-state index contributed by atoms with van der Waals surface area (Å²) >= 11 is 0. The first-order valence-corrected chi connectivity index (χ1v) is 8.67. The number of aromatic carboxylic acids is 1. The van der Waals surface area contributed by atoms with Crippen LogP contribution in [0, 0.1) is 0 Å². The van der Waals surface area contributed by atoms with Crippen molar-refractivity contribution in [1.82, 2.24) is 15.2 Å². The van der Waals surface area contributed by atoms with E-state index in [0.29, 0.717) is 18.8 Å². The molecule has 2 aromatic rings. The summed E-state index contributed by atoms with van der Waals surface area (Å²) in [5.41, 5.74) is 1.83. The number of nitrogens with zero attached hydrogens (tertiary/aromatic N) is 3. The zero-order valence-electron chi connectivity index (χ0n) is 14.8. The number of benzene rings is 1. The van der Waals surface area contributed by atoms with Gasteiger partial charge in [-0.15, -0.1) is 0 Å². The Morgan fingerprint density at radius 1 is 1.19 bits per heavy atom. The van der Waals surface area contributed by atoms with Crippen molar-refractivity contribution in [3.8, 4) is 0 Å². The van der Waals surface area contributed by atoms with Crippen molar-refractivity contribution < 1.29 is 14.7 Å². The number of carboxylic acid groups (broad SMARTS) is 1. The first kappa shape index (κ1) is 18.4. The van der Waals surface area contributed by atoms with E-state index in [4.69, 9.17) is 5.11 Å². The molecule has 0 radical (unpaired) electrons. The minimum atomic E-state index is -1.000. The van der Waals surface area contributed by atoms with Gasteiger partial charge in [0.1, 0.15) is 5.84 Å². The molecule has 0 atom stereocenters. The van der Waals surface area contributed by atoms with Gasteiger partial charge in [-0.3, -0.25) is 9.98 Å². The Kier molecular flexibility index (Phi) is 5.98. The van der Waals surface area contributed by atoms with Crippen LogP contribution in [-0.2, 0) is 6.42 Å².